The maximum atomic E-state index is 12.0. The van der Waals surface area contributed by atoms with Crippen molar-refractivity contribution in [3.63, 3.8) is 0 Å². The Kier molecular flexibility index (Phi) is 6.01. The Balaban J connectivity index is 2.60. The largest absolute Gasteiger partial charge is 0.481 e. The van der Waals surface area contributed by atoms with E-state index in [1.54, 1.807) is 32.9 Å². The van der Waals surface area contributed by atoms with Gasteiger partial charge in [-0.3, -0.25) is 9.59 Å². The number of aliphatic carboxylic acids is 1. The van der Waals surface area contributed by atoms with Crippen LogP contribution in [0.15, 0.2) is 28.7 Å². The highest BCUT2D eigenvalue weighted by Crippen LogP contribution is 2.24. The van der Waals surface area contributed by atoms with Crippen molar-refractivity contribution in [2.75, 3.05) is 0 Å². The highest BCUT2D eigenvalue weighted by Gasteiger charge is 2.24. The van der Waals surface area contributed by atoms with Gasteiger partial charge in [0.1, 0.15) is 5.75 Å². The van der Waals surface area contributed by atoms with Crippen LogP contribution in [0.4, 0.5) is 0 Å². The maximum Gasteiger partial charge on any atom is 0.308 e. The molecule has 3 atom stereocenters. The maximum absolute atomic E-state index is 12.0. The molecule has 0 aliphatic carbocycles. The van der Waals surface area contributed by atoms with Crippen LogP contribution in [-0.4, -0.2) is 29.1 Å². The molecule has 0 aliphatic rings. The monoisotopic (exact) mass is 343 g/mol. The number of carboxylic acid groups (broad SMARTS) is 1. The van der Waals surface area contributed by atoms with E-state index in [0.29, 0.717) is 5.75 Å². The molecule has 20 heavy (non-hydrogen) atoms. The molecule has 1 rings (SSSR count). The zero-order valence-electron chi connectivity index (χ0n) is 11.6. The van der Waals surface area contributed by atoms with Gasteiger partial charge in [0.05, 0.1) is 10.4 Å². The van der Waals surface area contributed by atoms with Gasteiger partial charge >= 0.3 is 5.97 Å². The zero-order chi connectivity index (χ0) is 15.3. The molecule has 6 heteroatoms. The minimum Gasteiger partial charge on any atom is -0.481 e. The van der Waals surface area contributed by atoms with Crippen LogP contribution < -0.4 is 10.1 Å². The zero-order valence-corrected chi connectivity index (χ0v) is 13.2. The molecule has 0 aromatic heterocycles. The molecular weight excluding hydrogens is 326 g/mol. The van der Waals surface area contributed by atoms with Crippen molar-refractivity contribution in [2.24, 2.45) is 5.92 Å². The van der Waals surface area contributed by atoms with E-state index in [0.717, 1.165) is 4.47 Å². The SMILES string of the molecule is CC(Oc1ccccc1Br)C(=O)NC(C)C(C)C(=O)O. The first kappa shape index (κ1) is 16.5. The lowest BCUT2D eigenvalue weighted by Crippen LogP contribution is -2.45. The standard InChI is InChI=1S/C14H18BrNO4/c1-8(14(18)19)9(2)16-13(17)10(3)20-12-7-5-4-6-11(12)15/h4-10H,1-3H3,(H,16,17)(H,18,19). The fourth-order valence-corrected chi connectivity index (χ4v) is 1.84. The van der Waals surface area contributed by atoms with Crippen LogP contribution in [0.3, 0.4) is 0 Å². The van der Waals surface area contributed by atoms with Gasteiger partial charge in [0.2, 0.25) is 0 Å². The number of hydrogen-bond donors (Lipinski definition) is 2. The number of amides is 1. The summed E-state index contributed by atoms with van der Waals surface area (Å²) in [6, 6.07) is 6.75. The van der Waals surface area contributed by atoms with Crippen molar-refractivity contribution < 1.29 is 19.4 Å². The summed E-state index contributed by atoms with van der Waals surface area (Å²) in [5, 5.41) is 11.5. The second-order valence-electron chi connectivity index (χ2n) is 4.61. The van der Waals surface area contributed by atoms with Crippen LogP contribution in [0.25, 0.3) is 0 Å². The second-order valence-corrected chi connectivity index (χ2v) is 5.47. The molecule has 0 saturated carbocycles. The van der Waals surface area contributed by atoms with Gasteiger partial charge in [-0.05, 0) is 48.8 Å². The van der Waals surface area contributed by atoms with Crippen molar-refractivity contribution in [3.05, 3.63) is 28.7 Å². The van der Waals surface area contributed by atoms with Gasteiger partial charge in [-0.2, -0.15) is 0 Å². The molecule has 2 N–H and O–H groups in total. The molecule has 1 aromatic rings. The Bertz CT molecular complexity index is 492. The first-order valence-corrected chi connectivity index (χ1v) is 7.06. The van der Waals surface area contributed by atoms with Crippen LogP contribution in [0.1, 0.15) is 20.8 Å². The summed E-state index contributed by atoms with van der Waals surface area (Å²) in [7, 11) is 0. The summed E-state index contributed by atoms with van der Waals surface area (Å²) in [4.78, 5) is 22.8. The number of rotatable bonds is 6. The lowest BCUT2D eigenvalue weighted by molar-refractivity contribution is -0.142. The van der Waals surface area contributed by atoms with Crippen LogP contribution in [-0.2, 0) is 9.59 Å². The lowest BCUT2D eigenvalue weighted by atomic mass is 10.0. The summed E-state index contributed by atoms with van der Waals surface area (Å²) in [5.74, 6) is -1.39. The van der Waals surface area contributed by atoms with E-state index in [-0.39, 0.29) is 5.91 Å². The number of carbonyl (C=O) groups excluding carboxylic acids is 1. The fraction of sp³-hybridized carbons (Fsp3) is 0.429. The molecule has 3 unspecified atom stereocenters. The average molecular weight is 344 g/mol. The Hall–Kier alpha value is -1.56. The van der Waals surface area contributed by atoms with E-state index in [1.165, 1.54) is 0 Å². The lowest BCUT2D eigenvalue weighted by Gasteiger charge is -2.21. The molecule has 0 radical (unpaired) electrons. The van der Waals surface area contributed by atoms with Crippen LogP contribution in [0.2, 0.25) is 0 Å². The third-order valence-corrected chi connectivity index (χ3v) is 3.67. The van der Waals surface area contributed by atoms with Gasteiger partial charge < -0.3 is 15.2 Å². The molecule has 0 bridgehead atoms. The van der Waals surface area contributed by atoms with E-state index >= 15 is 0 Å². The van der Waals surface area contributed by atoms with Crippen molar-refractivity contribution in [3.8, 4) is 5.75 Å². The first-order valence-electron chi connectivity index (χ1n) is 6.27. The Morgan fingerprint density at radius 2 is 1.85 bits per heavy atom. The van der Waals surface area contributed by atoms with Gasteiger partial charge in [-0.1, -0.05) is 12.1 Å². The molecule has 1 aromatic carbocycles. The summed E-state index contributed by atoms with van der Waals surface area (Å²) in [5.41, 5.74) is 0. The number of nitrogens with one attached hydrogen (secondary N) is 1. The summed E-state index contributed by atoms with van der Waals surface area (Å²) in [6.45, 7) is 4.82. The summed E-state index contributed by atoms with van der Waals surface area (Å²) >= 11 is 3.33. The Labute approximate surface area is 126 Å². The summed E-state index contributed by atoms with van der Waals surface area (Å²) in [6.07, 6.45) is -0.711. The molecule has 0 saturated heterocycles. The molecule has 110 valence electrons. The highest BCUT2D eigenvalue weighted by molar-refractivity contribution is 9.10. The van der Waals surface area contributed by atoms with E-state index in [2.05, 4.69) is 21.2 Å². The van der Waals surface area contributed by atoms with Gasteiger partial charge in [-0.15, -0.1) is 0 Å². The van der Waals surface area contributed by atoms with Crippen molar-refractivity contribution in [1.29, 1.82) is 0 Å². The van der Waals surface area contributed by atoms with Crippen molar-refractivity contribution >= 4 is 27.8 Å². The molecule has 5 nitrogen and oxygen atoms in total. The first-order chi connectivity index (χ1) is 9.32. The number of halogens is 1. The van der Waals surface area contributed by atoms with Crippen LogP contribution >= 0.6 is 15.9 Å². The number of para-hydroxylation sites is 1. The molecular formula is C14H18BrNO4. The normalized spacial score (nSPS) is 15.0. The third-order valence-electron chi connectivity index (χ3n) is 3.02. The molecule has 0 spiro atoms. The third kappa shape index (κ3) is 4.52. The van der Waals surface area contributed by atoms with E-state index < -0.39 is 24.0 Å². The quantitative estimate of drug-likeness (QED) is 0.831. The van der Waals surface area contributed by atoms with Gasteiger partial charge in [0.25, 0.3) is 5.91 Å². The van der Waals surface area contributed by atoms with Gasteiger partial charge in [0.15, 0.2) is 6.10 Å². The topological polar surface area (TPSA) is 75.6 Å². The highest BCUT2D eigenvalue weighted by atomic mass is 79.9. The Morgan fingerprint density at radius 3 is 2.40 bits per heavy atom. The fourth-order valence-electron chi connectivity index (χ4n) is 1.46. The smallest absolute Gasteiger partial charge is 0.308 e. The van der Waals surface area contributed by atoms with Gasteiger partial charge in [-0.25, -0.2) is 0 Å². The number of hydrogen-bond acceptors (Lipinski definition) is 3. The predicted octanol–water partition coefficient (Wildman–Crippen LogP) is 2.44. The Morgan fingerprint density at radius 1 is 1.25 bits per heavy atom. The number of carboxylic acids is 1. The predicted molar refractivity (Wildman–Crippen MR) is 78.6 cm³/mol. The number of benzene rings is 1. The average Bonchev–Trinajstić information content (AvgIpc) is 2.40. The molecule has 0 fully saturated rings. The van der Waals surface area contributed by atoms with Crippen LogP contribution in [0.5, 0.6) is 5.75 Å². The molecule has 0 heterocycles. The van der Waals surface area contributed by atoms with Crippen molar-refractivity contribution in [1.82, 2.24) is 5.32 Å². The minimum atomic E-state index is -0.947. The molecule has 1 amide bonds. The molecule has 0 aliphatic heterocycles. The minimum absolute atomic E-state index is 0.346. The second kappa shape index (κ2) is 7.28. The number of carbonyl (C=O) groups is 2. The van der Waals surface area contributed by atoms with E-state index in [1.807, 2.05) is 12.1 Å². The van der Waals surface area contributed by atoms with Gasteiger partial charge in [0, 0.05) is 6.04 Å². The van der Waals surface area contributed by atoms with E-state index in [4.69, 9.17) is 9.84 Å². The van der Waals surface area contributed by atoms with Crippen molar-refractivity contribution in [2.45, 2.75) is 32.9 Å². The summed E-state index contributed by atoms with van der Waals surface area (Å²) < 4.78 is 6.30. The number of ether oxygens (including phenoxy) is 1. The van der Waals surface area contributed by atoms with Crippen LogP contribution in [0, 0.1) is 5.92 Å². The van der Waals surface area contributed by atoms with E-state index in [9.17, 15) is 9.59 Å².